The van der Waals surface area contributed by atoms with Crippen molar-refractivity contribution in [3.8, 4) is 11.8 Å². The van der Waals surface area contributed by atoms with Gasteiger partial charge in [-0.05, 0) is 94.2 Å². The Morgan fingerprint density at radius 2 is 1.20 bits per heavy atom. The van der Waals surface area contributed by atoms with Crippen LogP contribution in [0.25, 0.3) is 34.4 Å². The summed E-state index contributed by atoms with van der Waals surface area (Å²) in [4.78, 5) is 68.5. The van der Waals surface area contributed by atoms with Crippen LogP contribution in [0.15, 0.2) is 90.9 Å². The number of nitrogens with one attached hydrogen (secondary N) is 1. The fourth-order valence-corrected chi connectivity index (χ4v) is 10.0. The van der Waals surface area contributed by atoms with Crippen molar-refractivity contribution in [1.29, 1.82) is 0 Å². The molecule has 0 aromatic carbocycles. The van der Waals surface area contributed by atoms with Gasteiger partial charge in [-0.2, -0.15) is 0 Å². The third-order valence-corrected chi connectivity index (χ3v) is 13.4. The number of allylic oxidation sites excluding steroid dienone is 1. The molecule has 69 heavy (non-hydrogen) atoms. The topological polar surface area (TPSA) is 218 Å². The van der Waals surface area contributed by atoms with Crippen LogP contribution in [0.4, 0.5) is 20.2 Å². The number of halogens is 2. The van der Waals surface area contributed by atoms with Crippen molar-refractivity contribution in [2.45, 2.75) is 88.4 Å². The lowest BCUT2D eigenvalue weighted by atomic mass is 9.89. The minimum Gasteiger partial charge on any atom is -0.501 e. The summed E-state index contributed by atoms with van der Waals surface area (Å²) in [5.41, 5.74) is 12.7. The number of nitrogens with two attached hydrogens (primary N) is 1. The highest BCUT2D eigenvalue weighted by molar-refractivity contribution is 5.98. The maximum absolute atomic E-state index is 13.8. The molecule has 0 bridgehead atoms. The van der Waals surface area contributed by atoms with Gasteiger partial charge in [0.05, 0.1) is 30.6 Å². The van der Waals surface area contributed by atoms with E-state index < -0.39 is 11.6 Å². The van der Waals surface area contributed by atoms with Gasteiger partial charge in [0.2, 0.25) is 11.8 Å². The minimum atomic E-state index is -0.486. The number of nitrogens with zero attached hydrogens (tertiary/aromatic N) is 6. The smallest absolute Gasteiger partial charge is 0.344 e. The first-order valence-electron chi connectivity index (χ1n) is 23.0. The molecule has 19 heteroatoms. The zero-order chi connectivity index (χ0) is 47.8. The molecule has 2 aliphatic heterocycles. The third kappa shape index (κ3) is 9.31. The molecule has 12 rings (SSSR count). The molecule has 3 N–H and O–H groups in total. The molecular formula is C50H48F2N8O9. The Bertz CT molecular complexity index is 3160. The summed E-state index contributed by atoms with van der Waals surface area (Å²) in [6.07, 6.45) is 17.3. The summed E-state index contributed by atoms with van der Waals surface area (Å²) in [6, 6.07) is 10.2. The van der Waals surface area contributed by atoms with Gasteiger partial charge < -0.3 is 43.9 Å². The first-order valence-corrected chi connectivity index (χ1v) is 23.0. The van der Waals surface area contributed by atoms with E-state index in [4.69, 9.17) is 28.8 Å². The molecule has 356 valence electrons. The van der Waals surface area contributed by atoms with Crippen molar-refractivity contribution in [1.82, 2.24) is 25.3 Å². The number of carbonyl (C=O) groups is 2. The lowest BCUT2D eigenvalue weighted by molar-refractivity contribution is -0.122. The molecule has 2 saturated carbocycles. The van der Waals surface area contributed by atoms with Gasteiger partial charge in [-0.25, -0.2) is 28.3 Å². The number of amides is 2. The largest absolute Gasteiger partial charge is 0.501 e. The van der Waals surface area contributed by atoms with Crippen molar-refractivity contribution < 1.29 is 41.4 Å². The molecule has 0 unspecified atom stereocenters. The van der Waals surface area contributed by atoms with Gasteiger partial charge in [0, 0.05) is 72.8 Å². The normalized spacial score (nSPS) is 21.3. The van der Waals surface area contributed by atoms with E-state index in [1.807, 2.05) is 6.08 Å². The molecule has 6 aromatic heterocycles. The number of anilines is 2. The molecule has 6 aliphatic rings. The first-order chi connectivity index (χ1) is 33.5. The molecule has 4 aliphatic carbocycles. The number of pyridine rings is 4. The van der Waals surface area contributed by atoms with E-state index in [9.17, 15) is 28.0 Å². The van der Waals surface area contributed by atoms with Crippen molar-refractivity contribution in [3.05, 3.63) is 127 Å². The van der Waals surface area contributed by atoms with Crippen LogP contribution in [-0.2, 0) is 27.2 Å². The highest BCUT2D eigenvalue weighted by Gasteiger charge is 2.37. The van der Waals surface area contributed by atoms with Crippen LogP contribution in [0.3, 0.4) is 0 Å². The average molecular weight is 943 g/mol. The summed E-state index contributed by atoms with van der Waals surface area (Å²) in [6.45, 7) is 0.566. The molecule has 17 nitrogen and oxygen atoms in total. The maximum atomic E-state index is 13.8. The van der Waals surface area contributed by atoms with Gasteiger partial charge in [-0.3, -0.25) is 19.6 Å². The first kappa shape index (κ1) is 45.4. The van der Waals surface area contributed by atoms with Crippen LogP contribution >= 0.6 is 0 Å². The van der Waals surface area contributed by atoms with E-state index in [1.54, 1.807) is 59.6 Å². The molecule has 2 fully saturated rings. The predicted octanol–water partition coefficient (Wildman–Crippen LogP) is 5.94. The van der Waals surface area contributed by atoms with Crippen molar-refractivity contribution in [3.63, 3.8) is 0 Å². The highest BCUT2D eigenvalue weighted by atomic mass is 19.1. The Hall–Kier alpha value is -7.38. The second-order valence-corrected chi connectivity index (χ2v) is 17.8. The maximum Gasteiger partial charge on any atom is 0.344 e. The van der Waals surface area contributed by atoms with E-state index in [0.717, 1.165) is 97.3 Å². The summed E-state index contributed by atoms with van der Waals surface area (Å²) >= 11 is 0. The SMILES string of the molecule is COC1=Cc2c(c3ncccc3oc2=O)C1.NC1CCC(N2C(=O)COc3ncc(F)cc32)CC1.O=C1COc2ncc(F)cc2N1C1CCC(NCC2=Cc3c(c4ncccc4oc3=O)C2)CC1. The Balaban J connectivity index is 0.000000133. The Kier molecular flexibility index (Phi) is 12.7. The van der Waals surface area contributed by atoms with E-state index in [1.165, 1.54) is 12.1 Å². The van der Waals surface area contributed by atoms with Crippen LogP contribution in [0.1, 0.15) is 73.6 Å². The van der Waals surface area contributed by atoms with Crippen LogP contribution in [0.5, 0.6) is 11.8 Å². The number of fused-ring (bicyclic) bond motifs is 8. The van der Waals surface area contributed by atoms with E-state index >= 15 is 0 Å². The quantitative estimate of drug-likeness (QED) is 0.198. The Labute approximate surface area is 393 Å². The van der Waals surface area contributed by atoms with Gasteiger partial charge in [-0.1, -0.05) is 5.57 Å². The molecular weight excluding hydrogens is 895 g/mol. The zero-order valence-electron chi connectivity index (χ0n) is 37.6. The third-order valence-electron chi connectivity index (χ3n) is 13.4. The van der Waals surface area contributed by atoms with Crippen molar-refractivity contribution in [2.24, 2.45) is 5.73 Å². The van der Waals surface area contributed by atoms with Gasteiger partial charge in [0.1, 0.15) is 39.8 Å². The molecule has 0 spiro atoms. The van der Waals surface area contributed by atoms with Gasteiger partial charge >= 0.3 is 11.3 Å². The second kappa shape index (κ2) is 19.3. The number of methoxy groups -OCH3 is 1. The van der Waals surface area contributed by atoms with Crippen LogP contribution in [0, 0.1) is 11.6 Å². The van der Waals surface area contributed by atoms with Crippen LogP contribution < -0.4 is 41.6 Å². The summed E-state index contributed by atoms with van der Waals surface area (Å²) in [5.74, 6) is 0.150. The lowest BCUT2D eigenvalue weighted by Gasteiger charge is -2.39. The monoisotopic (exact) mass is 942 g/mol. The van der Waals surface area contributed by atoms with E-state index in [0.29, 0.717) is 70.9 Å². The van der Waals surface area contributed by atoms with Crippen LogP contribution in [-0.4, -0.2) is 82.8 Å². The molecule has 6 aromatic rings. The number of rotatable bonds is 6. The molecule has 0 atom stereocenters. The average Bonchev–Trinajstić information content (AvgIpc) is 4.01. The Morgan fingerprint density at radius 3 is 1.74 bits per heavy atom. The van der Waals surface area contributed by atoms with Crippen molar-refractivity contribution >= 4 is 57.5 Å². The molecule has 0 radical (unpaired) electrons. The molecule has 0 saturated heterocycles. The standard InChI is InChI=1S/C25H23FN4O4.C13H16FN3O2.C12H9NO3/c26-15-10-20-24(29-12-15)33-13-22(31)30(20)17-5-3-16(4-6-17)28-11-14-8-18-19(9-14)25(32)34-21-2-1-7-27-23(18)21;14-8-5-11-13(16-6-8)19-7-12(18)17(11)10-3-1-9(15)2-4-10;1-15-7-5-8-9(6-7)12(14)16-10-3-2-4-13-11(8)10/h1-2,7,9-10,12,16-17,28H,3-6,8,11,13H2;5-6,9-10H,1-4,7,15H2;2-4,6H,5H2,1H3. The molecule has 8 heterocycles. The number of ether oxygens (including phenoxy) is 3. The fraction of sp³-hybridized carbons (Fsp3) is 0.360. The highest BCUT2D eigenvalue weighted by Crippen LogP contribution is 2.38. The van der Waals surface area contributed by atoms with Crippen LogP contribution in [0.2, 0.25) is 0 Å². The van der Waals surface area contributed by atoms with Gasteiger partial charge in [0.15, 0.2) is 24.4 Å². The fourth-order valence-electron chi connectivity index (χ4n) is 10.0. The lowest BCUT2D eigenvalue weighted by Crippen LogP contribution is -2.49. The number of hydrogen-bond donors (Lipinski definition) is 2. The minimum absolute atomic E-state index is 0.00572. The zero-order valence-corrected chi connectivity index (χ0v) is 37.6. The predicted molar refractivity (Wildman–Crippen MR) is 250 cm³/mol. The van der Waals surface area contributed by atoms with Gasteiger partial charge in [-0.15, -0.1) is 0 Å². The summed E-state index contributed by atoms with van der Waals surface area (Å²) < 4.78 is 53.5. The Morgan fingerprint density at radius 1 is 0.696 bits per heavy atom. The van der Waals surface area contributed by atoms with Gasteiger partial charge in [0.25, 0.3) is 11.8 Å². The number of carbonyl (C=O) groups excluding carboxylic acids is 2. The molecule has 2 amide bonds. The number of hydrogen-bond acceptors (Lipinski definition) is 15. The van der Waals surface area contributed by atoms with Crippen molar-refractivity contribution in [2.75, 3.05) is 36.7 Å². The second-order valence-electron chi connectivity index (χ2n) is 17.8. The van der Waals surface area contributed by atoms with E-state index in [2.05, 4.69) is 25.3 Å². The number of aromatic nitrogens is 4. The summed E-state index contributed by atoms with van der Waals surface area (Å²) in [7, 11) is 1.59. The van der Waals surface area contributed by atoms with E-state index in [-0.39, 0.29) is 54.4 Å². The summed E-state index contributed by atoms with van der Waals surface area (Å²) in [5, 5.41) is 3.61.